The average molecular weight is 396 g/mol. The lowest BCUT2D eigenvalue weighted by atomic mass is 10.3. The fraction of sp³-hybridized carbons (Fsp3) is 0.438. The molecular formula is C16H20N4O4S2. The third-order valence-corrected chi connectivity index (χ3v) is 6.74. The Bertz CT molecular complexity index is 846. The maximum atomic E-state index is 12.6. The summed E-state index contributed by atoms with van der Waals surface area (Å²) in [5.41, 5.74) is 0.793. The molecule has 2 aromatic rings. The van der Waals surface area contributed by atoms with Gasteiger partial charge in [-0.2, -0.15) is 4.31 Å². The van der Waals surface area contributed by atoms with Crippen molar-refractivity contribution in [2.75, 3.05) is 32.8 Å². The second-order valence-corrected chi connectivity index (χ2v) is 8.53. The van der Waals surface area contributed by atoms with E-state index in [2.05, 4.69) is 14.9 Å². The van der Waals surface area contributed by atoms with Gasteiger partial charge >= 0.3 is 5.97 Å². The molecule has 0 unspecified atom stereocenters. The van der Waals surface area contributed by atoms with Crippen molar-refractivity contribution in [2.45, 2.75) is 18.4 Å². The minimum atomic E-state index is -3.50. The molecule has 0 amide bonds. The van der Waals surface area contributed by atoms with Crippen molar-refractivity contribution in [2.24, 2.45) is 0 Å². The number of pyridine rings is 1. The number of aromatic nitrogens is 2. The zero-order valence-electron chi connectivity index (χ0n) is 14.4. The number of carbonyl (C=O) groups is 1. The first kappa shape index (κ1) is 18.9. The van der Waals surface area contributed by atoms with Crippen LogP contribution < -0.4 is 0 Å². The van der Waals surface area contributed by atoms with Crippen LogP contribution in [0.25, 0.3) is 0 Å². The molecule has 1 fully saturated rings. The molecule has 1 aliphatic heterocycles. The predicted molar refractivity (Wildman–Crippen MR) is 96.3 cm³/mol. The molecule has 140 valence electrons. The van der Waals surface area contributed by atoms with Crippen LogP contribution in [0.3, 0.4) is 0 Å². The summed E-state index contributed by atoms with van der Waals surface area (Å²) in [4.78, 5) is 22.2. The second kappa shape index (κ2) is 8.21. The molecule has 10 heteroatoms. The molecule has 8 nitrogen and oxygen atoms in total. The van der Waals surface area contributed by atoms with Crippen molar-refractivity contribution in [1.82, 2.24) is 19.2 Å². The Hall–Kier alpha value is -1.88. The summed E-state index contributed by atoms with van der Waals surface area (Å²) < 4.78 is 31.6. The van der Waals surface area contributed by atoms with Crippen molar-refractivity contribution >= 4 is 27.3 Å². The van der Waals surface area contributed by atoms with Gasteiger partial charge in [-0.3, -0.25) is 9.88 Å². The highest BCUT2D eigenvalue weighted by atomic mass is 32.2. The molecule has 3 rings (SSSR count). The molecular weight excluding hydrogens is 376 g/mol. The first-order chi connectivity index (χ1) is 12.5. The van der Waals surface area contributed by atoms with Gasteiger partial charge in [0.15, 0.2) is 0 Å². The van der Waals surface area contributed by atoms with Gasteiger partial charge in [-0.1, -0.05) is 0 Å². The molecule has 1 aliphatic rings. The van der Waals surface area contributed by atoms with E-state index >= 15 is 0 Å². The molecule has 0 aromatic carbocycles. The third-order valence-electron chi connectivity index (χ3n) is 3.99. The molecule has 3 heterocycles. The van der Waals surface area contributed by atoms with Gasteiger partial charge in [-0.25, -0.2) is 18.2 Å². The van der Waals surface area contributed by atoms with Gasteiger partial charge in [0.2, 0.25) is 15.0 Å². The Labute approximate surface area is 156 Å². The lowest BCUT2D eigenvalue weighted by Crippen LogP contribution is -2.48. The van der Waals surface area contributed by atoms with Crippen molar-refractivity contribution in [3.05, 3.63) is 40.6 Å². The summed E-state index contributed by atoms with van der Waals surface area (Å²) in [6, 6.07) is 3.17. The smallest absolute Gasteiger partial charge is 0.367 e. The number of sulfonamides is 1. The zero-order chi connectivity index (χ0) is 18.6. The molecule has 0 atom stereocenters. The van der Waals surface area contributed by atoms with Crippen molar-refractivity contribution < 1.29 is 17.9 Å². The average Bonchev–Trinajstić information content (AvgIpc) is 3.12. The predicted octanol–water partition coefficient (Wildman–Crippen LogP) is 1.22. The highest BCUT2D eigenvalue weighted by molar-refractivity contribution is 7.89. The van der Waals surface area contributed by atoms with Gasteiger partial charge in [0.25, 0.3) is 0 Å². The lowest BCUT2D eigenvalue weighted by Gasteiger charge is -2.33. The van der Waals surface area contributed by atoms with Crippen LogP contribution in [-0.4, -0.2) is 66.3 Å². The SMILES string of the molecule is CCOC(=O)c1nc(CN2CCN(S(=O)(=O)c3cccnc3)CC2)cs1. The molecule has 0 radical (unpaired) electrons. The normalized spacial score (nSPS) is 16.5. The standard InChI is InChI=1S/C16H20N4O4S2/c1-2-24-16(21)15-18-13(12-25-15)11-19-6-8-20(9-7-19)26(22,23)14-4-3-5-17-10-14/h3-5,10,12H,2,6-9,11H2,1H3. The van der Waals surface area contributed by atoms with Crippen LogP contribution in [-0.2, 0) is 21.3 Å². The first-order valence-electron chi connectivity index (χ1n) is 8.24. The number of hydrogen-bond acceptors (Lipinski definition) is 8. The van der Waals surface area contributed by atoms with Gasteiger partial charge in [0.05, 0.1) is 12.3 Å². The molecule has 0 N–H and O–H groups in total. The van der Waals surface area contributed by atoms with Gasteiger partial charge < -0.3 is 4.74 Å². The van der Waals surface area contributed by atoms with E-state index in [0.717, 1.165) is 5.69 Å². The number of carbonyl (C=O) groups excluding carboxylic acids is 1. The van der Waals surface area contributed by atoms with Gasteiger partial charge in [-0.15, -0.1) is 11.3 Å². The number of thiazole rings is 1. The molecule has 0 bridgehead atoms. The summed E-state index contributed by atoms with van der Waals surface area (Å²) in [6.45, 7) is 4.68. The quantitative estimate of drug-likeness (QED) is 0.678. The van der Waals surface area contributed by atoms with Crippen molar-refractivity contribution in [3.63, 3.8) is 0 Å². The minimum absolute atomic E-state index is 0.215. The molecule has 2 aromatic heterocycles. The van der Waals surface area contributed by atoms with Crippen molar-refractivity contribution in [3.8, 4) is 0 Å². The number of esters is 1. The van der Waals surface area contributed by atoms with Gasteiger partial charge in [-0.05, 0) is 19.1 Å². The van der Waals surface area contributed by atoms with Crippen LogP contribution in [0.4, 0.5) is 0 Å². The van der Waals surface area contributed by atoms with Crippen molar-refractivity contribution in [1.29, 1.82) is 0 Å². The number of hydrogen-bond donors (Lipinski definition) is 0. The fourth-order valence-electron chi connectivity index (χ4n) is 2.67. The lowest BCUT2D eigenvalue weighted by molar-refractivity contribution is 0.0525. The Balaban J connectivity index is 1.57. The van der Waals surface area contributed by atoms with Crippen LogP contribution in [0.5, 0.6) is 0 Å². The number of piperazine rings is 1. The summed E-state index contributed by atoms with van der Waals surface area (Å²) >= 11 is 1.26. The Morgan fingerprint density at radius 2 is 2.08 bits per heavy atom. The summed E-state index contributed by atoms with van der Waals surface area (Å²) in [5.74, 6) is -0.406. The molecule has 0 aliphatic carbocycles. The van der Waals surface area contributed by atoms with E-state index in [4.69, 9.17) is 4.74 Å². The first-order valence-corrected chi connectivity index (χ1v) is 10.6. The number of rotatable bonds is 6. The van der Waals surface area contributed by atoms with Crippen LogP contribution in [0, 0.1) is 0 Å². The van der Waals surface area contributed by atoms with E-state index in [-0.39, 0.29) is 4.90 Å². The summed E-state index contributed by atoms with van der Waals surface area (Å²) in [7, 11) is -3.50. The molecule has 0 saturated carbocycles. The highest BCUT2D eigenvalue weighted by Crippen LogP contribution is 2.18. The maximum Gasteiger partial charge on any atom is 0.367 e. The van der Waals surface area contributed by atoms with E-state index in [1.54, 1.807) is 25.3 Å². The van der Waals surface area contributed by atoms with Crippen LogP contribution in [0.1, 0.15) is 22.4 Å². The molecule has 26 heavy (non-hydrogen) atoms. The highest BCUT2D eigenvalue weighted by Gasteiger charge is 2.28. The van der Waals surface area contributed by atoms with Crippen LogP contribution >= 0.6 is 11.3 Å². The van der Waals surface area contributed by atoms with Crippen LogP contribution in [0.15, 0.2) is 34.8 Å². The molecule has 0 spiro atoms. The largest absolute Gasteiger partial charge is 0.461 e. The number of ether oxygens (including phenoxy) is 1. The van der Waals surface area contributed by atoms with Gasteiger partial charge in [0, 0.05) is 50.5 Å². The summed E-state index contributed by atoms with van der Waals surface area (Å²) in [5, 5.41) is 2.19. The molecule has 1 saturated heterocycles. The maximum absolute atomic E-state index is 12.6. The monoisotopic (exact) mass is 396 g/mol. The van der Waals surface area contributed by atoms with E-state index in [9.17, 15) is 13.2 Å². The second-order valence-electron chi connectivity index (χ2n) is 5.73. The van der Waals surface area contributed by atoms with Gasteiger partial charge in [0.1, 0.15) is 4.90 Å². The van der Waals surface area contributed by atoms with E-state index in [1.807, 2.05) is 5.38 Å². The van der Waals surface area contributed by atoms with E-state index in [1.165, 1.54) is 21.8 Å². The van der Waals surface area contributed by atoms with Crippen LogP contribution in [0.2, 0.25) is 0 Å². The van der Waals surface area contributed by atoms with E-state index in [0.29, 0.717) is 44.3 Å². The Morgan fingerprint density at radius 1 is 1.31 bits per heavy atom. The Morgan fingerprint density at radius 3 is 2.73 bits per heavy atom. The van der Waals surface area contributed by atoms with E-state index < -0.39 is 16.0 Å². The topological polar surface area (TPSA) is 92.7 Å². The fourth-order valence-corrected chi connectivity index (χ4v) is 4.76. The number of nitrogens with zero attached hydrogens (tertiary/aromatic N) is 4. The minimum Gasteiger partial charge on any atom is -0.461 e. The third kappa shape index (κ3) is 4.26. The summed E-state index contributed by atoms with van der Waals surface area (Å²) in [6.07, 6.45) is 2.92. The Kier molecular flexibility index (Phi) is 5.97. The zero-order valence-corrected chi connectivity index (χ0v) is 16.0.